The molecule has 0 bridgehead atoms. The quantitative estimate of drug-likeness (QED) is 0.784. The predicted molar refractivity (Wildman–Crippen MR) is 92.2 cm³/mol. The molecule has 1 atom stereocenters. The van der Waals surface area contributed by atoms with Crippen LogP contribution < -0.4 is 14.4 Å². The number of anilines is 1. The zero-order valence-electron chi connectivity index (χ0n) is 14.4. The monoisotopic (exact) mass is 342 g/mol. The number of ether oxygens (including phenoxy) is 1. The number of sulfonamides is 1. The van der Waals surface area contributed by atoms with Gasteiger partial charge in [-0.05, 0) is 31.9 Å². The molecule has 1 amide bonds. The lowest BCUT2D eigenvalue weighted by atomic mass is 10.1. The summed E-state index contributed by atoms with van der Waals surface area (Å²) in [6.45, 7) is 7.82. The van der Waals surface area contributed by atoms with E-state index in [1.807, 2.05) is 27.7 Å². The van der Waals surface area contributed by atoms with Crippen molar-refractivity contribution < 1.29 is 17.9 Å². The average molecular weight is 342 g/mol. The van der Waals surface area contributed by atoms with Gasteiger partial charge >= 0.3 is 0 Å². The molecule has 6 nitrogen and oxygen atoms in total. The highest BCUT2D eigenvalue weighted by molar-refractivity contribution is 7.92. The first-order valence-electron chi connectivity index (χ1n) is 7.65. The van der Waals surface area contributed by atoms with Crippen molar-refractivity contribution in [2.45, 2.75) is 33.7 Å². The third-order valence-corrected chi connectivity index (χ3v) is 4.64. The van der Waals surface area contributed by atoms with Crippen molar-refractivity contribution in [3.05, 3.63) is 24.3 Å². The number of rotatable bonds is 8. The lowest BCUT2D eigenvalue weighted by Crippen LogP contribution is -2.44. The summed E-state index contributed by atoms with van der Waals surface area (Å²) in [6.07, 6.45) is 1.08. The number of para-hydroxylation sites is 2. The third-order valence-electron chi connectivity index (χ3n) is 3.51. The summed E-state index contributed by atoms with van der Waals surface area (Å²) in [7, 11) is -3.62. The molecule has 0 aromatic heterocycles. The molecule has 1 aromatic carbocycles. The summed E-state index contributed by atoms with van der Waals surface area (Å²) in [4.78, 5) is 12.2. The van der Waals surface area contributed by atoms with Gasteiger partial charge in [0, 0.05) is 6.04 Å². The Labute approximate surface area is 138 Å². The van der Waals surface area contributed by atoms with E-state index in [0.29, 0.717) is 18.0 Å². The van der Waals surface area contributed by atoms with Crippen molar-refractivity contribution in [1.29, 1.82) is 0 Å². The second kappa shape index (κ2) is 8.19. The normalized spacial score (nSPS) is 12.8. The molecule has 23 heavy (non-hydrogen) atoms. The van der Waals surface area contributed by atoms with E-state index >= 15 is 0 Å². The Hall–Kier alpha value is -1.76. The average Bonchev–Trinajstić information content (AvgIpc) is 2.44. The molecular weight excluding hydrogens is 316 g/mol. The highest BCUT2D eigenvalue weighted by Crippen LogP contribution is 2.29. The maximum atomic E-state index is 12.2. The predicted octanol–water partition coefficient (Wildman–Crippen LogP) is 2.01. The van der Waals surface area contributed by atoms with Crippen LogP contribution in [0.5, 0.6) is 5.75 Å². The molecule has 1 rings (SSSR count). The van der Waals surface area contributed by atoms with Gasteiger partial charge < -0.3 is 10.1 Å². The van der Waals surface area contributed by atoms with Crippen LogP contribution in [0.25, 0.3) is 0 Å². The molecule has 0 aliphatic rings. The van der Waals surface area contributed by atoms with Crippen LogP contribution in [0.1, 0.15) is 27.7 Å². The second-order valence-electron chi connectivity index (χ2n) is 5.77. The summed E-state index contributed by atoms with van der Waals surface area (Å²) in [5.41, 5.74) is 0.365. The van der Waals surface area contributed by atoms with Crippen molar-refractivity contribution >= 4 is 21.6 Å². The van der Waals surface area contributed by atoms with E-state index in [9.17, 15) is 13.2 Å². The zero-order valence-corrected chi connectivity index (χ0v) is 15.2. The van der Waals surface area contributed by atoms with Gasteiger partial charge in [-0.25, -0.2) is 8.42 Å². The Balaban J connectivity index is 3.06. The Morgan fingerprint density at radius 3 is 2.39 bits per heavy atom. The Bertz CT molecular complexity index is 629. The summed E-state index contributed by atoms with van der Waals surface area (Å²) >= 11 is 0. The first-order chi connectivity index (χ1) is 10.7. The van der Waals surface area contributed by atoms with Gasteiger partial charge in [-0.3, -0.25) is 9.10 Å². The molecule has 0 aliphatic carbocycles. The van der Waals surface area contributed by atoms with Crippen LogP contribution in [0, 0.1) is 5.92 Å². The smallest absolute Gasteiger partial charge is 0.240 e. The van der Waals surface area contributed by atoms with Gasteiger partial charge in [-0.2, -0.15) is 0 Å². The highest BCUT2D eigenvalue weighted by atomic mass is 32.2. The molecular formula is C16H26N2O4S. The molecule has 0 fully saturated rings. The zero-order chi connectivity index (χ0) is 17.6. The van der Waals surface area contributed by atoms with Crippen molar-refractivity contribution in [2.24, 2.45) is 5.92 Å². The molecule has 1 N–H and O–H groups in total. The molecule has 1 unspecified atom stereocenters. The molecule has 0 aliphatic heterocycles. The van der Waals surface area contributed by atoms with Gasteiger partial charge in [0.05, 0.1) is 18.6 Å². The van der Waals surface area contributed by atoms with Crippen LogP contribution in [-0.4, -0.2) is 39.8 Å². The topological polar surface area (TPSA) is 75.7 Å². The fourth-order valence-electron chi connectivity index (χ4n) is 1.92. The van der Waals surface area contributed by atoms with E-state index in [4.69, 9.17) is 4.74 Å². The number of amides is 1. The Morgan fingerprint density at radius 1 is 1.26 bits per heavy atom. The van der Waals surface area contributed by atoms with E-state index in [1.165, 1.54) is 0 Å². The highest BCUT2D eigenvalue weighted by Gasteiger charge is 2.24. The second-order valence-corrected chi connectivity index (χ2v) is 7.68. The van der Waals surface area contributed by atoms with Gasteiger partial charge in [0.2, 0.25) is 15.9 Å². The van der Waals surface area contributed by atoms with Crippen molar-refractivity contribution in [3.63, 3.8) is 0 Å². The number of benzene rings is 1. The maximum absolute atomic E-state index is 12.2. The van der Waals surface area contributed by atoms with Crippen molar-refractivity contribution in [3.8, 4) is 5.75 Å². The first kappa shape index (κ1) is 19.3. The summed E-state index contributed by atoms with van der Waals surface area (Å²) in [6, 6.07) is 6.75. The first-order valence-corrected chi connectivity index (χ1v) is 9.50. The van der Waals surface area contributed by atoms with Crippen LogP contribution in [0.15, 0.2) is 24.3 Å². The molecule has 0 spiro atoms. The van der Waals surface area contributed by atoms with E-state index in [-0.39, 0.29) is 24.4 Å². The lowest BCUT2D eigenvalue weighted by molar-refractivity contribution is -0.120. The molecule has 0 saturated carbocycles. The summed E-state index contributed by atoms with van der Waals surface area (Å²) in [5, 5.41) is 2.82. The largest absolute Gasteiger partial charge is 0.492 e. The molecule has 0 saturated heterocycles. The fraction of sp³-hybridized carbons (Fsp3) is 0.562. The van der Waals surface area contributed by atoms with Crippen LogP contribution >= 0.6 is 0 Å². The summed E-state index contributed by atoms with van der Waals surface area (Å²) < 4.78 is 30.8. The van der Waals surface area contributed by atoms with E-state index in [1.54, 1.807) is 24.3 Å². The van der Waals surface area contributed by atoms with Crippen LogP contribution in [0.2, 0.25) is 0 Å². The minimum atomic E-state index is -3.62. The van der Waals surface area contributed by atoms with Crippen molar-refractivity contribution in [1.82, 2.24) is 5.32 Å². The number of carbonyl (C=O) groups is 1. The molecule has 1 aromatic rings. The summed E-state index contributed by atoms with van der Waals surface area (Å²) in [5.74, 6) is 0.356. The van der Waals surface area contributed by atoms with Gasteiger partial charge in [0.15, 0.2) is 0 Å². The maximum Gasteiger partial charge on any atom is 0.240 e. The van der Waals surface area contributed by atoms with Gasteiger partial charge in [-0.15, -0.1) is 0 Å². The molecule has 7 heteroatoms. The SMILES string of the molecule is CCOc1ccccc1N(CC(=O)NC(C)C(C)C)S(C)(=O)=O. The standard InChI is InChI=1S/C16H26N2O4S/c1-6-22-15-10-8-7-9-14(15)18(23(5,20)21)11-16(19)17-13(4)12(2)3/h7-10,12-13H,6,11H2,1-5H3,(H,17,19). The lowest BCUT2D eigenvalue weighted by Gasteiger charge is -2.25. The number of carbonyl (C=O) groups excluding carboxylic acids is 1. The van der Waals surface area contributed by atoms with Gasteiger partial charge in [0.1, 0.15) is 12.3 Å². The third kappa shape index (κ3) is 5.74. The van der Waals surface area contributed by atoms with E-state index in [0.717, 1.165) is 10.6 Å². The fourth-order valence-corrected chi connectivity index (χ4v) is 2.78. The van der Waals surface area contributed by atoms with E-state index in [2.05, 4.69) is 5.32 Å². The van der Waals surface area contributed by atoms with Crippen LogP contribution in [-0.2, 0) is 14.8 Å². The minimum Gasteiger partial charge on any atom is -0.492 e. The Morgan fingerprint density at radius 2 is 1.87 bits per heavy atom. The number of hydrogen-bond donors (Lipinski definition) is 1. The number of hydrogen-bond acceptors (Lipinski definition) is 4. The Kier molecular flexibility index (Phi) is 6.87. The van der Waals surface area contributed by atoms with Crippen LogP contribution in [0.3, 0.4) is 0 Å². The molecule has 0 radical (unpaired) electrons. The van der Waals surface area contributed by atoms with Gasteiger partial charge in [-0.1, -0.05) is 26.0 Å². The van der Waals surface area contributed by atoms with Crippen molar-refractivity contribution in [2.75, 3.05) is 23.7 Å². The number of nitrogens with zero attached hydrogens (tertiary/aromatic N) is 1. The van der Waals surface area contributed by atoms with Crippen LogP contribution in [0.4, 0.5) is 5.69 Å². The number of nitrogens with one attached hydrogen (secondary N) is 1. The minimum absolute atomic E-state index is 0.0361. The van der Waals surface area contributed by atoms with Gasteiger partial charge in [0.25, 0.3) is 0 Å². The molecule has 0 heterocycles. The molecule has 130 valence electrons. The van der Waals surface area contributed by atoms with E-state index < -0.39 is 10.0 Å².